The molecule has 0 aliphatic rings. The van der Waals surface area contributed by atoms with E-state index in [2.05, 4.69) is 22.7 Å². The Kier molecular flexibility index (Phi) is 4.99. The van der Waals surface area contributed by atoms with E-state index in [0.717, 1.165) is 17.9 Å². The number of nitrogens with zero attached hydrogens (tertiary/aromatic N) is 1. The first-order valence-electron chi connectivity index (χ1n) is 6.41. The molecule has 1 N–H and O–H groups in total. The second kappa shape index (κ2) is 7.21. The Hall–Kier alpha value is -2.29. The first-order chi connectivity index (χ1) is 9.38. The van der Waals surface area contributed by atoms with Crippen molar-refractivity contribution in [1.82, 2.24) is 5.43 Å². The number of hydrogen-bond acceptors (Lipinski definition) is 3. The summed E-state index contributed by atoms with van der Waals surface area (Å²) in [6.45, 7) is 3.37. The van der Waals surface area contributed by atoms with E-state index in [9.17, 15) is 0 Å². The van der Waals surface area contributed by atoms with Crippen LogP contribution < -0.4 is 10.2 Å². The van der Waals surface area contributed by atoms with Crippen molar-refractivity contribution in [2.45, 2.75) is 13.5 Å². The van der Waals surface area contributed by atoms with Crippen molar-refractivity contribution < 1.29 is 4.74 Å². The van der Waals surface area contributed by atoms with E-state index >= 15 is 0 Å². The van der Waals surface area contributed by atoms with Gasteiger partial charge in [0.1, 0.15) is 5.75 Å². The maximum Gasteiger partial charge on any atom is 0.119 e. The molecule has 3 nitrogen and oxygen atoms in total. The van der Waals surface area contributed by atoms with Gasteiger partial charge in [-0.25, -0.2) is 0 Å². The van der Waals surface area contributed by atoms with Crippen molar-refractivity contribution in [3.05, 3.63) is 65.7 Å². The van der Waals surface area contributed by atoms with Gasteiger partial charge in [0.05, 0.1) is 19.4 Å². The van der Waals surface area contributed by atoms with Gasteiger partial charge in [-0.3, -0.25) is 0 Å². The van der Waals surface area contributed by atoms with Gasteiger partial charge in [0.15, 0.2) is 0 Å². The average molecular weight is 254 g/mol. The molecule has 0 radical (unpaired) electrons. The zero-order valence-electron chi connectivity index (χ0n) is 11.0. The van der Waals surface area contributed by atoms with Crippen molar-refractivity contribution >= 4 is 6.21 Å². The molecular formula is C16H18N2O. The predicted molar refractivity (Wildman–Crippen MR) is 78.5 cm³/mol. The Labute approximate surface area is 113 Å². The molecule has 98 valence electrons. The van der Waals surface area contributed by atoms with Crippen molar-refractivity contribution in [2.24, 2.45) is 5.10 Å². The predicted octanol–water partition coefficient (Wildman–Crippen LogP) is 3.21. The maximum absolute atomic E-state index is 5.44. The molecule has 2 rings (SSSR count). The highest BCUT2D eigenvalue weighted by Crippen LogP contribution is 2.11. The second-order valence-corrected chi connectivity index (χ2v) is 4.08. The van der Waals surface area contributed by atoms with Gasteiger partial charge >= 0.3 is 0 Å². The fraction of sp³-hybridized carbons (Fsp3) is 0.188. The van der Waals surface area contributed by atoms with Crippen LogP contribution in [0.5, 0.6) is 5.75 Å². The lowest BCUT2D eigenvalue weighted by Gasteiger charge is -2.03. The normalized spacial score (nSPS) is 10.6. The smallest absolute Gasteiger partial charge is 0.119 e. The first kappa shape index (κ1) is 13.1. The molecule has 0 aromatic heterocycles. The quantitative estimate of drug-likeness (QED) is 0.634. The van der Waals surface area contributed by atoms with Crippen molar-refractivity contribution in [2.75, 3.05) is 6.61 Å². The molecule has 0 heterocycles. The fourth-order valence-electron chi connectivity index (χ4n) is 1.70. The summed E-state index contributed by atoms with van der Waals surface area (Å²) in [6, 6.07) is 18.1. The third kappa shape index (κ3) is 4.47. The molecule has 19 heavy (non-hydrogen) atoms. The van der Waals surface area contributed by atoms with Gasteiger partial charge in [0.2, 0.25) is 0 Å². The highest BCUT2D eigenvalue weighted by molar-refractivity contribution is 5.79. The van der Waals surface area contributed by atoms with Crippen molar-refractivity contribution in [1.29, 1.82) is 0 Å². The summed E-state index contributed by atoms with van der Waals surface area (Å²) in [7, 11) is 0. The molecule has 0 unspecified atom stereocenters. The van der Waals surface area contributed by atoms with Crippen LogP contribution in [0.25, 0.3) is 0 Å². The minimum Gasteiger partial charge on any atom is -0.494 e. The average Bonchev–Trinajstić information content (AvgIpc) is 2.46. The highest BCUT2D eigenvalue weighted by atomic mass is 16.5. The summed E-state index contributed by atoms with van der Waals surface area (Å²) in [5.41, 5.74) is 5.26. The van der Waals surface area contributed by atoms with Gasteiger partial charge in [-0.2, -0.15) is 5.10 Å². The van der Waals surface area contributed by atoms with Gasteiger partial charge in [0.25, 0.3) is 0 Å². The minimum atomic E-state index is 0.673. The molecule has 0 amide bonds. The zero-order valence-corrected chi connectivity index (χ0v) is 11.0. The Morgan fingerprint density at radius 2 is 1.95 bits per heavy atom. The molecule has 0 atom stereocenters. The number of hydrogen-bond donors (Lipinski definition) is 1. The standard InChI is InChI=1S/C16H18N2O/c1-2-19-16-10-6-9-15(11-16)13-18-17-12-14-7-4-3-5-8-14/h3-11,13,17H,2,12H2,1H3. The topological polar surface area (TPSA) is 33.6 Å². The molecule has 0 fully saturated rings. The Balaban J connectivity index is 1.87. The van der Waals surface area contributed by atoms with E-state index in [4.69, 9.17) is 4.74 Å². The van der Waals surface area contributed by atoms with E-state index in [-0.39, 0.29) is 0 Å². The molecule has 0 aliphatic heterocycles. The van der Waals surface area contributed by atoms with E-state index in [1.54, 1.807) is 6.21 Å². The van der Waals surface area contributed by atoms with Gasteiger partial charge < -0.3 is 10.2 Å². The first-order valence-corrected chi connectivity index (χ1v) is 6.41. The minimum absolute atomic E-state index is 0.673. The number of rotatable bonds is 6. The summed E-state index contributed by atoms with van der Waals surface area (Å²) >= 11 is 0. The Morgan fingerprint density at radius 3 is 2.74 bits per heavy atom. The molecule has 0 saturated carbocycles. The number of ether oxygens (including phenoxy) is 1. The van der Waals surface area contributed by atoms with Crippen LogP contribution in [0, 0.1) is 0 Å². The molecular weight excluding hydrogens is 236 g/mol. The van der Waals surface area contributed by atoms with E-state index in [0.29, 0.717) is 6.61 Å². The van der Waals surface area contributed by atoms with Crippen molar-refractivity contribution in [3.63, 3.8) is 0 Å². The van der Waals surface area contributed by atoms with Crippen LogP contribution in [-0.2, 0) is 6.54 Å². The monoisotopic (exact) mass is 254 g/mol. The zero-order chi connectivity index (χ0) is 13.3. The number of benzene rings is 2. The third-order valence-electron chi connectivity index (χ3n) is 2.60. The molecule has 3 heteroatoms. The lowest BCUT2D eigenvalue weighted by molar-refractivity contribution is 0.340. The van der Waals surface area contributed by atoms with Crippen molar-refractivity contribution in [3.8, 4) is 5.75 Å². The molecule has 2 aromatic carbocycles. The number of hydrazone groups is 1. The third-order valence-corrected chi connectivity index (χ3v) is 2.60. The second-order valence-electron chi connectivity index (χ2n) is 4.08. The van der Waals surface area contributed by atoms with Crippen LogP contribution in [0.15, 0.2) is 59.7 Å². The molecule has 2 aromatic rings. The fourth-order valence-corrected chi connectivity index (χ4v) is 1.70. The maximum atomic E-state index is 5.44. The van der Waals surface area contributed by atoms with Gasteiger partial charge in [-0.1, -0.05) is 42.5 Å². The van der Waals surface area contributed by atoms with E-state index < -0.39 is 0 Å². The summed E-state index contributed by atoms with van der Waals surface area (Å²) in [6.07, 6.45) is 1.80. The summed E-state index contributed by atoms with van der Waals surface area (Å²) < 4.78 is 5.44. The van der Waals surface area contributed by atoms with E-state index in [1.807, 2.05) is 49.4 Å². The van der Waals surface area contributed by atoms with Gasteiger partial charge in [-0.15, -0.1) is 0 Å². The lowest BCUT2D eigenvalue weighted by atomic mass is 10.2. The van der Waals surface area contributed by atoms with Crippen LogP contribution in [-0.4, -0.2) is 12.8 Å². The molecule has 0 aliphatic carbocycles. The summed E-state index contributed by atoms with van der Waals surface area (Å²) in [4.78, 5) is 0. The Bertz CT molecular complexity index is 523. The highest BCUT2D eigenvalue weighted by Gasteiger charge is 1.93. The lowest BCUT2D eigenvalue weighted by Crippen LogP contribution is -2.05. The SMILES string of the molecule is CCOc1cccc(C=NNCc2ccccc2)c1. The van der Waals surface area contributed by atoms with Crippen LogP contribution in [0.1, 0.15) is 18.1 Å². The van der Waals surface area contributed by atoms with Crippen LogP contribution in [0.4, 0.5) is 0 Å². The Morgan fingerprint density at radius 1 is 1.11 bits per heavy atom. The largest absolute Gasteiger partial charge is 0.494 e. The summed E-state index contributed by atoms with van der Waals surface area (Å²) in [5.74, 6) is 0.870. The molecule has 0 spiro atoms. The van der Waals surface area contributed by atoms with Crippen LogP contribution in [0.2, 0.25) is 0 Å². The van der Waals surface area contributed by atoms with E-state index in [1.165, 1.54) is 5.56 Å². The van der Waals surface area contributed by atoms with Gasteiger partial charge in [-0.05, 0) is 30.2 Å². The molecule has 0 bridgehead atoms. The van der Waals surface area contributed by atoms with Crippen LogP contribution in [0.3, 0.4) is 0 Å². The number of nitrogens with one attached hydrogen (secondary N) is 1. The molecule has 0 saturated heterocycles. The summed E-state index contributed by atoms with van der Waals surface area (Å²) in [5, 5.41) is 4.21. The van der Waals surface area contributed by atoms with Crippen LogP contribution >= 0.6 is 0 Å². The van der Waals surface area contributed by atoms with Gasteiger partial charge in [0, 0.05) is 0 Å².